The monoisotopic (exact) mass is 348 g/mol. The second-order valence-corrected chi connectivity index (χ2v) is 6.82. The molecule has 6 heteroatoms. The molecule has 1 aliphatic carbocycles. The molecular weight excluding hydrogens is 328 g/mol. The number of halogens is 1. The Balaban J connectivity index is 1.75. The summed E-state index contributed by atoms with van der Waals surface area (Å²) in [5.41, 5.74) is 1.71. The van der Waals surface area contributed by atoms with E-state index in [9.17, 15) is 9.90 Å². The summed E-state index contributed by atoms with van der Waals surface area (Å²) in [5.74, 6) is -0.0227. The zero-order chi connectivity index (χ0) is 17.1. The molecule has 3 rings (SSSR count). The van der Waals surface area contributed by atoms with Gasteiger partial charge in [-0.1, -0.05) is 41.7 Å². The first-order chi connectivity index (χ1) is 11.6. The van der Waals surface area contributed by atoms with Gasteiger partial charge in [0.05, 0.1) is 6.10 Å². The van der Waals surface area contributed by atoms with E-state index in [-0.39, 0.29) is 17.9 Å². The molecule has 1 N–H and O–H groups in total. The number of hydrogen-bond acceptors (Lipinski definition) is 4. The molecule has 5 nitrogen and oxygen atoms in total. The van der Waals surface area contributed by atoms with E-state index >= 15 is 0 Å². The number of aliphatic hydroxyl groups is 1. The second kappa shape index (κ2) is 7.36. The number of aromatic nitrogens is 1. The van der Waals surface area contributed by atoms with Crippen molar-refractivity contribution in [1.82, 2.24) is 10.1 Å². The Kier molecular flexibility index (Phi) is 5.21. The van der Waals surface area contributed by atoms with E-state index in [0.717, 1.165) is 31.2 Å². The summed E-state index contributed by atoms with van der Waals surface area (Å²) >= 11 is 5.91. The number of nitrogens with zero attached hydrogens (tertiary/aromatic N) is 2. The average molecular weight is 349 g/mol. The highest BCUT2D eigenvalue weighted by molar-refractivity contribution is 6.30. The number of benzene rings is 1. The smallest absolute Gasteiger partial charge is 0.259 e. The van der Waals surface area contributed by atoms with Gasteiger partial charge in [0, 0.05) is 30.1 Å². The summed E-state index contributed by atoms with van der Waals surface area (Å²) in [7, 11) is 1.75. The Labute approximate surface area is 146 Å². The predicted octanol–water partition coefficient (Wildman–Crippen LogP) is 3.62. The maximum absolute atomic E-state index is 12.8. The van der Waals surface area contributed by atoms with E-state index in [4.69, 9.17) is 16.1 Å². The van der Waals surface area contributed by atoms with Crippen LogP contribution in [0.5, 0.6) is 0 Å². The Morgan fingerprint density at radius 3 is 2.75 bits per heavy atom. The Morgan fingerprint density at radius 2 is 2.04 bits per heavy atom. The van der Waals surface area contributed by atoms with E-state index < -0.39 is 0 Å². The minimum atomic E-state index is -0.327. The van der Waals surface area contributed by atoms with Crippen LogP contribution in [0, 0.1) is 5.92 Å². The SMILES string of the molecule is CN(CC1CCCCC1O)C(=O)c1conc1-c1ccc(Cl)cc1. The lowest BCUT2D eigenvalue weighted by atomic mass is 9.86. The molecule has 0 spiro atoms. The quantitative estimate of drug-likeness (QED) is 0.916. The highest BCUT2D eigenvalue weighted by Gasteiger charge is 2.27. The van der Waals surface area contributed by atoms with Gasteiger partial charge in [0.2, 0.25) is 0 Å². The van der Waals surface area contributed by atoms with Crippen molar-refractivity contribution in [2.45, 2.75) is 31.8 Å². The molecular formula is C18H21ClN2O3. The van der Waals surface area contributed by atoms with Crippen LogP contribution in [0.2, 0.25) is 5.02 Å². The number of carbonyl (C=O) groups excluding carboxylic acids is 1. The number of hydrogen-bond donors (Lipinski definition) is 1. The lowest BCUT2D eigenvalue weighted by molar-refractivity contribution is 0.0451. The van der Waals surface area contributed by atoms with Gasteiger partial charge >= 0.3 is 0 Å². The molecule has 1 heterocycles. The fourth-order valence-corrected chi connectivity index (χ4v) is 3.37. The van der Waals surface area contributed by atoms with E-state index in [0.29, 0.717) is 22.8 Å². The zero-order valence-corrected chi connectivity index (χ0v) is 14.4. The van der Waals surface area contributed by atoms with Crippen LogP contribution < -0.4 is 0 Å². The first kappa shape index (κ1) is 17.0. The van der Waals surface area contributed by atoms with Gasteiger partial charge in [-0.3, -0.25) is 4.79 Å². The molecule has 0 saturated heterocycles. The fraction of sp³-hybridized carbons (Fsp3) is 0.444. The third-order valence-electron chi connectivity index (χ3n) is 4.64. The van der Waals surface area contributed by atoms with Crippen LogP contribution in [0.3, 0.4) is 0 Å². The Hall–Kier alpha value is -1.85. The minimum absolute atomic E-state index is 0.131. The van der Waals surface area contributed by atoms with Crippen molar-refractivity contribution < 1.29 is 14.4 Å². The summed E-state index contributed by atoms with van der Waals surface area (Å²) in [6, 6.07) is 7.12. The van der Waals surface area contributed by atoms with Gasteiger partial charge in [-0.2, -0.15) is 0 Å². The van der Waals surface area contributed by atoms with Crippen LogP contribution in [-0.2, 0) is 0 Å². The lowest BCUT2D eigenvalue weighted by Crippen LogP contribution is -2.38. The molecule has 0 aliphatic heterocycles. The second-order valence-electron chi connectivity index (χ2n) is 6.38. The molecule has 0 bridgehead atoms. The van der Waals surface area contributed by atoms with Gasteiger partial charge in [-0.25, -0.2) is 0 Å². The van der Waals surface area contributed by atoms with E-state index in [1.54, 1.807) is 24.1 Å². The van der Waals surface area contributed by atoms with Gasteiger partial charge in [-0.05, 0) is 25.0 Å². The van der Waals surface area contributed by atoms with Gasteiger partial charge in [0.1, 0.15) is 17.5 Å². The molecule has 1 aliphatic rings. The molecule has 1 saturated carbocycles. The standard InChI is InChI=1S/C18H21ClN2O3/c1-21(10-13-4-2-3-5-16(13)22)18(23)15-11-24-20-17(15)12-6-8-14(19)9-7-12/h6-9,11,13,16,22H,2-5,10H2,1H3. The van der Waals surface area contributed by atoms with E-state index in [2.05, 4.69) is 5.16 Å². The predicted molar refractivity (Wildman–Crippen MR) is 91.9 cm³/mol. The minimum Gasteiger partial charge on any atom is -0.393 e. The number of aliphatic hydroxyl groups excluding tert-OH is 1. The molecule has 2 aromatic rings. The van der Waals surface area contributed by atoms with E-state index in [1.807, 2.05) is 12.1 Å². The zero-order valence-electron chi connectivity index (χ0n) is 13.6. The van der Waals surface area contributed by atoms with Crippen molar-refractivity contribution in [3.63, 3.8) is 0 Å². The Morgan fingerprint density at radius 1 is 1.33 bits per heavy atom. The maximum Gasteiger partial charge on any atom is 0.259 e. The average Bonchev–Trinajstić information content (AvgIpc) is 3.06. The van der Waals surface area contributed by atoms with Gasteiger partial charge in [0.25, 0.3) is 5.91 Å². The molecule has 1 aromatic carbocycles. The highest BCUT2D eigenvalue weighted by Crippen LogP contribution is 2.27. The lowest BCUT2D eigenvalue weighted by Gasteiger charge is -2.31. The van der Waals surface area contributed by atoms with Crippen LogP contribution in [0.25, 0.3) is 11.3 Å². The molecule has 2 atom stereocenters. The molecule has 1 amide bonds. The van der Waals surface area contributed by atoms with Crippen molar-refractivity contribution >= 4 is 17.5 Å². The largest absolute Gasteiger partial charge is 0.393 e. The molecule has 1 aromatic heterocycles. The summed E-state index contributed by atoms with van der Waals surface area (Å²) < 4.78 is 5.03. The third kappa shape index (κ3) is 3.62. The first-order valence-corrected chi connectivity index (χ1v) is 8.58. The highest BCUT2D eigenvalue weighted by atomic mass is 35.5. The van der Waals surface area contributed by atoms with Crippen LogP contribution in [0.1, 0.15) is 36.0 Å². The summed E-state index contributed by atoms with van der Waals surface area (Å²) in [6.07, 6.45) is 4.98. The van der Waals surface area contributed by atoms with Gasteiger partial charge < -0.3 is 14.5 Å². The Bertz CT molecular complexity index is 699. The summed E-state index contributed by atoms with van der Waals surface area (Å²) in [5, 5.41) is 14.7. The topological polar surface area (TPSA) is 66.6 Å². The molecule has 128 valence electrons. The molecule has 2 unspecified atom stereocenters. The third-order valence-corrected chi connectivity index (χ3v) is 4.89. The van der Waals surface area contributed by atoms with Crippen molar-refractivity contribution in [2.24, 2.45) is 5.92 Å². The van der Waals surface area contributed by atoms with Crippen LogP contribution in [0.15, 0.2) is 35.1 Å². The van der Waals surface area contributed by atoms with Crippen molar-refractivity contribution in [1.29, 1.82) is 0 Å². The summed E-state index contributed by atoms with van der Waals surface area (Å²) in [4.78, 5) is 14.4. The summed E-state index contributed by atoms with van der Waals surface area (Å²) in [6.45, 7) is 0.533. The van der Waals surface area contributed by atoms with Crippen LogP contribution >= 0.6 is 11.6 Å². The maximum atomic E-state index is 12.8. The van der Waals surface area contributed by atoms with E-state index in [1.165, 1.54) is 6.26 Å². The fourth-order valence-electron chi connectivity index (χ4n) is 3.25. The van der Waals surface area contributed by atoms with Crippen molar-refractivity contribution in [2.75, 3.05) is 13.6 Å². The first-order valence-electron chi connectivity index (χ1n) is 8.20. The molecule has 24 heavy (non-hydrogen) atoms. The van der Waals surface area contributed by atoms with Crippen molar-refractivity contribution in [3.8, 4) is 11.3 Å². The van der Waals surface area contributed by atoms with Crippen LogP contribution in [-0.4, -0.2) is 40.8 Å². The number of amides is 1. The van der Waals surface area contributed by atoms with Crippen LogP contribution in [0.4, 0.5) is 0 Å². The number of carbonyl (C=O) groups is 1. The normalized spacial score (nSPS) is 20.8. The number of rotatable bonds is 4. The van der Waals surface area contributed by atoms with Gasteiger partial charge in [0.15, 0.2) is 0 Å². The van der Waals surface area contributed by atoms with Crippen molar-refractivity contribution in [3.05, 3.63) is 41.1 Å². The van der Waals surface area contributed by atoms with Gasteiger partial charge in [-0.15, -0.1) is 0 Å². The molecule has 0 radical (unpaired) electrons. The molecule has 1 fully saturated rings.